The maximum absolute atomic E-state index is 6.67. The number of imidazole rings is 1. The summed E-state index contributed by atoms with van der Waals surface area (Å²) < 4.78 is 16.4. The van der Waals surface area contributed by atoms with Crippen LogP contribution in [0.3, 0.4) is 0 Å². The van der Waals surface area contributed by atoms with E-state index in [1.165, 1.54) is 60.9 Å². The third kappa shape index (κ3) is 1.49. The van der Waals surface area contributed by atoms with E-state index in [2.05, 4.69) is 116 Å². The molecule has 162 valence electrons. The summed E-state index contributed by atoms with van der Waals surface area (Å²) in [6.07, 6.45) is 4.41. The summed E-state index contributed by atoms with van der Waals surface area (Å²) in [6.45, 7) is 0. The number of nitrogens with zero attached hydrogens (tertiary/aromatic N) is 4. The zero-order chi connectivity index (χ0) is 22.6. The molecule has 3 aliphatic heterocycles. The average molecular weight is 451 g/mol. The maximum atomic E-state index is 6.67. The Kier molecular flexibility index (Phi) is 2.44. The van der Waals surface area contributed by atoms with Crippen molar-refractivity contribution in [2.24, 2.45) is 7.05 Å². The van der Waals surface area contributed by atoms with Gasteiger partial charge in [0.15, 0.2) is 17.2 Å². The predicted molar refractivity (Wildman–Crippen MR) is 133 cm³/mol. The van der Waals surface area contributed by atoms with Crippen molar-refractivity contribution in [3.05, 3.63) is 102 Å². The molecule has 0 saturated carbocycles. The molecule has 5 heteroatoms. The normalized spacial score (nSPS) is 18.2. The molecule has 4 aromatic heterocycles. The van der Waals surface area contributed by atoms with Gasteiger partial charge in [-0.25, -0.2) is 0 Å². The first kappa shape index (κ1) is 16.9. The lowest BCUT2D eigenvalue weighted by molar-refractivity contribution is -0.940. The van der Waals surface area contributed by atoms with Gasteiger partial charge in [0.1, 0.15) is 22.6 Å². The molecule has 0 N–H and O–H groups in total. The van der Waals surface area contributed by atoms with Gasteiger partial charge in [-0.3, -0.25) is 0 Å². The Morgan fingerprint density at radius 2 is 1.69 bits per heavy atom. The van der Waals surface area contributed by atoms with Crippen LogP contribution >= 0.6 is 0 Å². The highest BCUT2D eigenvalue weighted by Crippen LogP contribution is 2.57. The number of hydrogen-bond acceptors (Lipinski definition) is 1. The molecular formula is C30H18N4O+2. The Bertz CT molecular complexity index is 2170. The van der Waals surface area contributed by atoms with Crippen LogP contribution in [0.15, 0.2) is 91.3 Å². The van der Waals surface area contributed by atoms with E-state index in [1.807, 2.05) is 0 Å². The molecular weight excluding hydrogens is 432 g/mol. The van der Waals surface area contributed by atoms with Crippen LogP contribution in [0.4, 0.5) is 0 Å². The summed E-state index contributed by atoms with van der Waals surface area (Å²) in [5.41, 5.74) is 9.26. The molecule has 1 spiro atoms. The zero-order valence-corrected chi connectivity index (χ0v) is 18.9. The van der Waals surface area contributed by atoms with Gasteiger partial charge in [0.2, 0.25) is 11.3 Å². The molecule has 0 fully saturated rings. The Morgan fingerprint density at radius 3 is 2.66 bits per heavy atom. The molecule has 0 amide bonds. The third-order valence-electron chi connectivity index (χ3n) is 8.47. The number of hydrogen-bond donors (Lipinski definition) is 0. The van der Waals surface area contributed by atoms with Crippen molar-refractivity contribution >= 4 is 38.5 Å². The number of aromatic nitrogens is 4. The van der Waals surface area contributed by atoms with E-state index in [1.54, 1.807) is 0 Å². The molecule has 1 unspecified atom stereocenters. The molecule has 10 rings (SSSR count). The van der Waals surface area contributed by atoms with Gasteiger partial charge in [0.25, 0.3) is 0 Å². The van der Waals surface area contributed by atoms with Crippen molar-refractivity contribution in [3.8, 4) is 22.8 Å². The molecule has 0 saturated heterocycles. The van der Waals surface area contributed by atoms with Crippen LogP contribution in [0.5, 0.6) is 11.5 Å². The molecule has 0 bridgehead atoms. The van der Waals surface area contributed by atoms with E-state index in [4.69, 9.17) is 4.74 Å². The number of benzene rings is 3. The van der Waals surface area contributed by atoms with Crippen LogP contribution in [-0.2, 0) is 12.7 Å². The Labute approximate surface area is 199 Å². The van der Waals surface area contributed by atoms with Crippen LogP contribution in [0.25, 0.3) is 49.7 Å². The number of para-hydroxylation sites is 2. The van der Waals surface area contributed by atoms with Gasteiger partial charge in [0, 0.05) is 36.1 Å². The van der Waals surface area contributed by atoms with E-state index >= 15 is 0 Å². The molecule has 0 radical (unpaired) electrons. The maximum Gasteiger partial charge on any atom is 0.372 e. The van der Waals surface area contributed by atoms with Crippen molar-refractivity contribution in [1.29, 1.82) is 0 Å². The SMILES string of the molecule is Cn1ccc2c3ccc4c5c3c3n(c6ccccc6[n+]3C53c5c(cccc5-c5cccc[n+]53)O4)c21. The fourth-order valence-electron chi connectivity index (χ4n) is 7.37. The number of ether oxygens (including phenoxy) is 1. The first-order chi connectivity index (χ1) is 17.3. The smallest absolute Gasteiger partial charge is 0.372 e. The first-order valence-corrected chi connectivity index (χ1v) is 12.0. The van der Waals surface area contributed by atoms with Crippen molar-refractivity contribution in [1.82, 2.24) is 8.97 Å². The van der Waals surface area contributed by atoms with Gasteiger partial charge in [-0.1, -0.05) is 18.2 Å². The van der Waals surface area contributed by atoms with E-state index in [-0.39, 0.29) is 0 Å². The summed E-state index contributed by atoms with van der Waals surface area (Å²) in [4.78, 5) is 0. The van der Waals surface area contributed by atoms with Crippen LogP contribution in [0, 0.1) is 0 Å². The lowest BCUT2D eigenvalue weighted by Gasteiger charge is -2.28. The zero-order valence-electron chi connectivity index (χ0n) is 18.9. The second-order valence-corrected chi connectivity index (χ2v) is 9.92. The van der Waals surface area contributed by atoms with Gasteiger partial charge >= 0.3 is 11.3 Å². The van der Waals surface area contributed by atoms with Crippen molar-refractivity contribution in [2.75, 3.05) is 0 Å². The summed E-state index contributed by atoms with van der Waals surface area (Å²) in [5, 5.41) is 3.81. The minimum absolute atomic E-state index is 0.538. The summed E-state index contributed by atoms with van der Waals surface area (Å²) >= 11 is 0. The summed E-state index contributed by atoms with van der Waals surface area (Å²) in [7, 11) is 2.14. The molecule has 35 heavy (non-hydrogen) atoms. The van der Waals surface area contributed by atoms with Crippen LogP contribution in [0.2, 0.25) is 0 Å². The van der Waals surface area contributed by atoms with E-state index in [0.29, 0.717) is 0 Å². The quantitative estimate of drug-likeness (QED) is 0.298. The fourth-order valence-corrected chi connectivity index (χ4v) is 7.37. The van der Waals surface area contributed by atoms with Crippen molar-refractivity contribution in [3.63, 3.8) is 0 Å². The van der Waals surface area contributed by atoms with Crippen LogP contribution < -0.4 is 13.9 Å². The highest BCUT2D eigenvalue weighted by atomic mass is 16.5. The second kappa shape index (κ2) is 5.05. The lowest BCUT2D eigenvalue weighted by Crippen LogP contribution is -2.71. The van der Waals surface area contributed by atoms with Gasteiger partial charge < -0.3 is 9.30 Å². The van der Waals surface area contributed by atoms with Crippen LogP contribution in [0.1, 0.15) is 11.1 Å². The number of aryl methyl sites for hydroxylation is 1. The molecule has 5 nitrogen and oxygen atoms in total. The van der Waals surface area contributed by atoms with Gasteiger partial charge in [-0.2, -0.15) is 4.40 Å². The first-order valence-electron chi connectivity index (χ1n) is 12.0. The highest BCUT2D eigenvalue weighted by Gasteiger charge is 2.68. The monoisotopic (exact) mass is 450 g/mol. The predicted octanol–water partition coefficient (Wildman–Crippen LogP) is 5.01. The lowest BCUT2D eigenvalue weighted by atomic mass is 9.86. The number of fused-ring (bicyclic) bond motifs is 8. The molecule has 3 aromatic carbocycles. The largest absolute Gasteiger partial charge is 0.456 e. The Morgan fingerprint density at radius 1 is 0.800 bits per heavy atom. The van der Waals surface area contributed by atoms with E-state index < -0.39 is 5.66 Å². The third-order valence-corrected chi connectivity index (χ3v) is 8.47. The van der Waals surface area contributed by atoms with Crippen molar-refractivity contribution < 1.29 is 13.9 Å². The Balaban J connectivity index is 1.63. The molecule has 7 aromatic rings. The molecule has 1 atom stereocenters. The van der Waals surface area contributed by atoms with E-state index in [9.17, 15) is 0 Å². The molecule has 0 aliphatic carbocycles. The number of pyridine rings is 2. The van der Waals surface area contributed by atoms with Gasteiger partial charge in [0.05, 0.1) is 10.9 Å². The van der Waals surface area contributed by atoms with Crippen LogP contribution in [-0.4, -0.2) is 8.97 Å². The fraction of sp³-hybridized carbons (Fsp3) is 0.0667. The van der Waals surface area contributed by atoms with Gasteiger partial charge in [-0.05, 0) is 48.5 Å². The standard InChI is InChI=1S/C30H18N4O/c1-31-16-14-18-17-12-13-24-27-25(17)29-33(28(18)31)21-9-2-3-10-22(21)34(29)30(27)26-19(7-6-11-23(26)35-24)20-8-4-5-15-32(20)30/h2-16H,1H3/q+2. The highest BCUT2D eigenvalue weighted by molar-refractivity contribution is 6.15. The van der Waals surface area contributed by atoms with Crippen molar-refractivity contribution in [2.45, 2.75) is 5.66 Å². The topological polar surface area (TPSA) is 26.3 Å². The van der Waals surface area contributed by atoms with Gasteiger partial charge in [-0.15, -0.1) is 9.13 Å². The minimum Gasteiger partial charge on any atom is -0.456 e. The minimum atomic E-state index is -0.538. The number of rotatable bonds is 0. The molecule has 3 aliphatic rings. The Hall–Kier alpha value is -4.64. The average Bonchev–Trinajstić information content (AvgIpc) is 3.61. The second-order valence-electron chi connectivity index (χ2n) is 9.92. The molecule has 7 heterocycles. The summed E-state index contributed by atoms with van der Waals surface area (Å²) in [5.74, 6) is 1.88. The van der Waals surface area contributed by atoms with E-state index in [0.717, 1.165) is 11.5 Å². The summed E-state index contributed by atoms with van der Waals surface area (Å²) in [6, 6.07) is 28.5.